The average molecular weight is 340 g/mol. The SMILES string of the molecule is Cc1cc(-c2cnc(NCC3CCCO3)nc2-c2ccc(C)o2)on1. The molecule has 25 heavy (non-hydrogen) atoms. The van der Waals surface area contributed by atoms with E-state index in [0.717, 1.165) is 36.5 Å². The van der Waals surface area contributed by atoms with E-state index >= 15 is 0 Å². The Labute approximate surface area is 145 Å². The van der Waals surface area contributed by atoms with Crippen molar-refractivity contribution in [3.05, 3.63) is 35.9 Å². The number of aryl methyl sites for hydroxylation is 2. The van der Waals surface area contributed by atoms with Crippen LogP contribution in [0.5, 0.6) is 0 Å². The van der Waals surface area contributed by atoms with Crippen molar-refractivity contribution in [1.29, 1.82) is 0 Å². The number of aromatic nitrogens is 3. The van der Waals surface area contributed by atoms with Crippen LogP contribution in [0.15, 0.2) is 33.3 Å². The topological polar surface area (TPSA) is 86.2 Å². The van der Waals surface area contributed by atoms with Crippen LogP contribution >= 0.6 is 0 Å². The van der Waals surface area contributed by atoms with Gasteiger partial charge in [0.1, 0.15) is 11.5 Å². The lowest BCUT2D eigenvalue weighted by atomic mass is 10.1. The van der Waals surface area contributed by atoms with Gasteiger partial charge in [-0.3, -0.25) is 0 Å². The second-order valence-electron chi connectivity index (χ2n) is 6.21. The predicted octanol–water partition coefficient (Wildman–Crippen LogP) is 3.60. The van der Waals surface area contributed by atoms with Crippen LogP contribution in [0.1, 0.15) is 24.3 Å². The minimum atomic E-state index is 0.217. The summed E-state index contributed by atoms with van der Waals surface area (Å²) >= 11 is 0. The molecule has 0 aromatic carbocycles. The quantitative estimate of drug-likeness (QED) is 0.759. The summed E-state index contributed by atoms with van der Waals surface area (Å²) in [5.41, 5.74) is 2.23. The number of ether oxygens (including phenoxy) is 1. The molecule has 130 valence electrons. The number of rotatable bonds is 5. The van der Waals surface area contributed by atoms with Crippen LogP contribution in [0.2, 0.25) is 0 Å². The smallest absolute Gasteiger partial charge is 0.223 e. The van der Waals surface area contributed by atoms with Gasteiger partial charge >= 0.3 is 0 Å². The second kappa shape index (κ2) is 6.68. The van der Waals surface area contributed by atoms with Crippen molar-refractivity contribution in [3.8, 4) is 22.8 Å². The van der Waals surface area contributed by atoms with E-state index in [9.17, 15) is 0 Å². The molecule has 4 heterocycles. The highest BCUT2D eigenvalue weighted by atomic mass is 16.5. The third kappa shape index (κ3) is 3.41. The standard InChI is InChI=1S/C18H20N4O3/c1-11-8-16(25-22-11)14-10-20-18(19-9-13-4-3-7-23-13)21-17(14)15-6-5-12(2)24-15/h5-6,8,10,13H,3-4,7,9H2,1-2H3,(H,19,20,21). The Balaban J connectivity index is 1.66. The number of hydrogen-bond donors (Lipinski definition) is 1. The summed E-state index contributed by atoms with van der Waals surface area (Å²) in [4.78, 5) is 9.05. The Morgan fingerprint density at radius 2 is 2.16 bits per heavy atom. The molecule has 1 aliphatic heterocycles. The molecule has 1 saturated heterocycles. The average Bonchev–Trinajstić information content (AvgIpc) is 3.35. The Kier molecular flexibility index (Phi) is 4.23. The summed E-state index contributed by atoms with van der Waals surface area (Å²) in [7, 11) is 0. The number of furan rings is 1. The summed E-state index contributed by atoms with van der Waals surface area (Å²) in [6.45, 7) is 5.30. The van der Waals surface area contributed by atoms with Crippen molar-refractivity contribution in [3.63, 3.8) is 0 Å². The van der Waals surface area contributed by atoms with Crippen LogP contribution in [-0.2, 0) is 4.74 Å². The molecule has 0 saturated carbocycles. The third-order valence-electron chi connectivity index (χ3n) is 4.17. The van der Waals surface area contributed by atoms with E-state index in [0.29, 0.717) is 29.7 Å². The molecule has 1 N–H and O–H groups in total. The first-order valence-electron chi connectivity index (χ1n) is 8.42. The lowest BCUT2D eigenvalue weighted by Gasteiger charge is -2.12. The molecule has 7 heteroatoms. The molecule has 7 nitrogen and oxygen atoms in total. The van der Waals surface area contributed by atoms with Gasteiger partial charge in [0.25, 0.3) is 0 Å². The van der Waals surface area contributed by atoms with Gasteiger partial charge in [0.05, 0.1) is 17.4 Å². The van der Waals surface area contributed by atoms with Crippen LogP contribution in [-0.4, -0.2) is 34.4 Å². The van der Waals surface area contributed by atoms with Gasteiger partial charge in [-0.05, 0) is 38.8 Å². The van der Waals surface area contributed by atoms with Crippen LogP contribution in [0.25, 0.3) is 22.8 Å². The fourth-order valence-electron chi connectivity index (χ4n) is 2.90. The second-order valence-corrected chi connectivity index (χ2v) is 6.21. The first-order chi connectivity index (χ1) is 12.2. The van der Waals surface area contributed by atoms with E-state index in [-0.39, 0.29) is 6.10 Å². The van der Waals surface area contributed by atoms with Crippen LogP contribution in [0.4, 0.5) is 5.95 Å². The van der Waals surface area contributed by atoms with E-state index < -0.39 is 0 Å². The van der Waals surface area contributed by atoms with E-state index in [2.05, 4.69) is 20.4 Å². The van der Waals surface area contributed by atoms with Gasteiger partial charge in [0, 0.05) is 25.4 Å². The Morgan fingerprint density at radius 1 is 1.24 bits per heavy atom. The van der Waals surface area contributed by atoms with Gasteiger partial charge in [-0.25, -0.2) is 9.97 Å². The van der Waals surface area contributed by atoms with Gasteiger partial charge in [-0.2, -0.15) is 0 Å². The van der Waals surface area contributed by atoms with Crippen molar-refractivity contribution in [2.24, 2.45) is 0 Å². The fourth-order valence-corrected chi connectivity index (χ4v) is 2.90. The summed E-state index contributed by atoms with van der Waals surface area (Å²) in [6.07, 6.45) is 4.12. The highest BCUT2D eigenvalue weighted by Gasteiger charge is 2.19. The molecule has 4 rings (SSSR count). The zero-order valence-corrected chi connectivity index (χ0v) is 14.3. The summed E-state index contributed by atoms with van der Waals surface area (Å²) in [5, 5.41) is 7.20. The molecule has 3 aromatic rings. The molecule has 0 spiro atoms. The molecule has 0 aliphatic carbocycles. The summed E-state index contributed by atoms with van der Waals surface area (Å²) in [6, 6.07) is 5.66. The minimum Gasteiger partial charge on any atom is -0.460 e. The van der Waals surface area contributed by atoms with Gasteiger partial charge in [-0.1, -0.05) is 5.16 Å². The normalized spacial score (nSPS) is 17.1. The third-order valence-corrected chi connectivity index (χ3v) is 4.17. The maximum Gasteiger partial charge on any atom is 0.223 e. The van der Waals surface area contributed by atoms with Gasteiger partial charge in [0.2, 0.25) is 5.95 Å². The molecule has 0 bridgehead atoms. The molecule has 0 radical (unpaired) electrons. The monoisotopic (exact) mass is 340 g/mol. The van der Waals surface area contributed by atoms with Crippen LogP contribution in [0, 0.1) is 13.8 Å². The first kappa shape index (κ1) is 15.8. The molecular formula is C18H20N4O3. The van der Waals surface area contributed by atoms with Gasteiger partial charge in [-0.15, -0.1) is 0 Å². The van der Waals surface area contributed by atoms with Crippen molar-refractivity contribution in [1.82, 2.24) is 15.1 Å². The molecule has 1 atom stereocenters. The molecular weight excluding hydrogens is 320 g/mol. The number of anilines is 1. The minimum absolute atomic E-state index is 0.217. The maximum absolute atomic E-state index is 5.77. The number of hydrogen-bond acceptors (Lipinski definition) is 7. The molecule has 3 aromatic heterocycles. The molecule has 1 aliphatic rings. The summed E-state index contributed by atoms with van der Waals surface area (Å²) < 4.78 is 16.8. The van der Waals surface area contributed by atoms with Gasteiger partial charge in [0.15, 0.2) is 11.5 Å². The highest BCUT2D eigenvalue weighted by Crippen LogP contribution is 2.32. The molecule has 1 unspecified atom stereocenters. The molecule has 1 fully saturated rings. The van der Waals surface area contributed by atoms with Gasteiger partial charge < -0.3 is 19.0 Å². The van der Waals surface area contributed by atoms with E-state index in [1.54, 1.807) is 6.20 Å². The van der Waals surface area contributed by atoms with Crippen molar-refractivity contribution < 1.29 is 13.7 Å². The van der Waals surface area contributed by atoms with Crippen molar-refractivity contribution in [2.45, 2.75) is 32.8 Å². The van der Waals surface area contributed by atoms with Crippen molar-refractivity contribution >= 4 is 5.95 Å². The largest absolute Gasteiger partial charge is 0.460 e. The number of nitrogens with one attached hydrogen (secondary N) is 1. The number of nitrogens with zero attached hydrogens (tertiary/aromatic N) is 3. The predicted molar refractivity (Wildman–Crippen MR) is 92.2 cm³/mol. The fraction of sp³-hybridized carbons (Fsp3) is 0.389. The zero-order valence-electron chi connectivity index (χ0n) is 14.3. The maximum atomic E-state index is 5.77. The zero-order chi connectivity index (χ0) is 17.2. The van der Waals surface area contributed by atoms with Crippen LogP contribution < -0.4 is 5.32 Å². The lowest BCUT2D eigenvalue weighted by Crippen LogP contribution is -2.19. The lowest BCUT2D eigenvalue weighted by molar-refractivity contribution is 0.120. The van der Waals surface area contributed by atoms with E-state index in [1.165, 1.54) is 0 Å². The first-order valence-corrected chi connectivity index (χ1v) is 8.42. The highest BCUT2D eigenvalue weighted by molar-refractivity contribution is 5.75. The Morgan fingerprint density at radius 3 is 2.84 bits per heavy atom. The summed E-state index contributed by atoms with van der Waals surface area (Å²) in [5.74, 6) is 2.65. The van der Waals surface area contributed by atoms with E-state index in [1.807, 2.05) is 32.0 Å². The van der Waals surface area contributed by atoms with Crippen LogP contribution in [0.3, 0.4) is 0 Å². The van der Waals surface area contributed by atoms with E-state index in [4.69, 9.17) is 13.7 Å². The Hall–Kier alpha value is -2.67. The molecule has 0 amide bonds. The Bertz CT molecular complexity index is 865. The van der Waals surface area contributed by atoms with Crippen molar-refractivity contribution in [2.75, 3.05) is 18.5 Å².